The van der Waals surface area contributed by atoms with E-state index >= 15 is 0 Å². The Morgan fingerprint density at radius 2 is 1.55 bits per heavy atom. The summed E-state index contributed by atoms with van der Waals surface area (Å²) in [5.41, 5.74) is 3.05. The van der Waals surface area contributed by atoms with E-state index in [1.54, 1.807) is 12.0 Å². The van der Waals surface area contributed by atoms with Crippen LogP contribution >= 0.6 is 0 Å². The predicted octanol–water partition coefficient (Wildman–Crippen LogP) is 4.64. The summed E-state index contributed by atoms with van der Waals surface area (Å²) < 4.78 is 5.29. The van der Waals surface area contributed by atoms with Crippen molar-refractivity contribution >= 4 is 11.8 Å². The Morgan fingerprint density at radius 1 is 0.903 bits per heavy atom. The highest BCUT2D eigenvalue weighted by molar-refractivity contribution is 5.95. The van der Waals surface area contributed by atoms with E-state index in [9.17, 15) is 9.59 Å². The molecule has 1 saturated carbocycles. The minimum absolute atomic E-state index is 0.0187. The lowest BCUT2D eigenvalue weighted by molar-refractivity contribution is -0.159. The van der Waals surface area contributed by atoms with Gasteiger partial charge in [-0.25, -0.2) is 0 Å². The zero-order valence-corrected chi connectivity index (χ0v) is 18.5. The van der Waals surface area contributed by atoms with Crippen molar-refractivity contribution in [2.24, 2.45) is 0 Å². The molecule has 1 saturated heterocycles. The largest absolute Gasteiger partial charge is 0.497 e. The van der Waals surface area contributed by atoms with Crippen molar-refractivity contribution in [2.45, 2.75) is 64.1 Å². The lowest BCUT2D eigenvalue weighted by atomic mass is 9.96. The van der Waals surface area contributed by atoms with Crippen molar-refractivity contribution in [2.75, 3.05) is 13.7 Å². The third-order valence-corrected chi connectivity index (χ3v) is 6.63. The van der Waals surface area contributed by atoms with Gasteiger partial charge in [-0.3, -0.25) is 9.59 Å². The molecule has 0 bridgehead atoms. The molecule has 0 unspecified atom stereocenters. The average Bonchev–Trinajstić information content (AvgIpc) is 3.07. The van der Waals surface area contributed by atoms with Crippen LogP contribution in [-0.2, 0) is 16.1 Å². The average molecular weight is 421 g/mol. The number of carbonyl (C=O) groups excluding carboxylic acids is 2. The molecule has 1 aliphatic carbocycles. The molecule has 0 radical (unpaired) electrons. The lowest BCUT2D eigenvalue weighted by Gasteiger charge is -2.43. The second-order valence-electron chi connectivity index (χ2n) is 8.79. The van der Waals surface area contributed by atoms with E-state index < -0.39 is 6.04 Å². The monoisotopic (exact) mass is 420 g/mol. The van der Waals surface area contributed by atoms with Gasteiger partial charge in [0.25, 0.3) is 5.91 Å². The molecular formula is C26H32N2O3. The van der Waals surface area contributed by atoms with Gasteiger partial charge >= 0.3 is 0 Å². The van der Waals surface area contributed by atoms with Gasteiger partial charge in [-0.1, -0.05) is 67.6 Å². The summed E-state index contributed by atoms with van der Waals surface area (Å²) in [5.74, 6) is 0.804. The first-order valence-electron chi connectivity index (χ1n) is 11.4. The van der Waals surface area contributed by atoms with E-state index in [0.717, 1.165) is 42.6 Å². The number of aryl methyl sites for hydroxylation is 1. The van der Waals surface area contributed by atoms with Gasteiger partial charge in [0.2, 0.25) is 5.91 Å². The number of carbonyl (C=O) groups is 2. The molecule has 1 atom stereocenters. The van der Waals surface area contributed by atoms with Crippen molar-refractivity contribution in [3.8, 4) is 5.75 Å². The van der Waals surface area contributed by atoms with Crippen LogP contribution in [0.1, 0.15) is 61.3 Å². The summed E-state index contributed by atoms with van der Waals surface area (Å²) in [6.45, 7) is 2.66. The zero-order chi connectivity index (χ0) is 21.8. The summed E-state index contributed by atoms with van der Waals surface area (Å²) in [6.07, 6.45) is 6.67. The summed E-state index contributed by atoms with van der Waals surface area (Å²) in [4.78, 5) is 30.8. The number of piperazine rings is 1. The van der Waals surface area contributed by atoms with Crippen molar-refractivity contribution in [3.05, 3.63) is 65.2 Å². The van der Waals surface area contributed by atoms with Crippen molar-refractivity contribution in [1.82, 2.24) is 9.80 Å². The van der Waals surface area contributed by atoms with E-state index in [1.165, 1.54) is 18.4 Å². The topological polar surface area (TPSA) is 49.9 Å². The second-order valence-corrected chi connectivity index (χ2v) is 8.79. The van der Waals surface area contributed by atoms with Gasteiger partial charge in [0.05, 0.1) is 7.11 Å². The third-order valence-electron chi connectivity index (χ3n) is 6.63. The minimum atomic E-state index is -0.600. The molecule has 5 heteroatoms. The molecule has 0 spiro atoms. The number of methoxy groups -OCH3 is 1. The Balaban J connectivity index is 1.66. The van der Waals surface area contributed by atoms with Crippen LogP contribution in [0.5, 0.6) is 5.75 Å². The van der Waals surface area contributed by atoms with Gasteiger partial charge < -0.3 is 14.5 Å². The highest BCUT2D eigenvalue weighted by Gasteiger charge is 2.42. The maximum absolute atomic E-state index is 13.8. The fourth-order valence-electron chi connectivity index (χ4n) is 4.81. The van der Waals surface area contributed by atoms with Crippen LogP contribution in [0, 0.1) is 6.92 Å². The molecule has 1 heterocycles. The van der Waals surface area contributed by atoms with Crippen LogP contribution in [0.25, 0.3) is 0 Å². The van der Waals surface area contributed by atoms with Crippen molar-refractivity contribution < 1.29 is 14.3 Å². The summed E-state index contributed by atoms with van der Waals surface area (Å²) >= 11 is 0. The maximum Gasteiger partial charge on any atom is 0.250 e. The summed E-state index contributed by atoms with van der Waals surface area (Å²) in [7, 11) is 1.63. The molecule has 0 N–H and O–H groups in total. The minimum Gasteiger partial charge on any atom is -0.497 e. The van der Waals surface area contributed by atoms with Gasteiger partial charge in [-0.2, -0.15) is 0 Å². The highest BCUT2D eigenvalue weighted by atomic mass is 16.5. The number of rotatable bonds is 5. The summed E-state index contributed by atoms with van der Waals surface area (Å²) in [6, 6.07) is 15.3. The Bertz CT molecular complexity index is 899. The van der Waals surface area contributed by atoms with Crippen molar-refractivity contribution in [1.29, 1.82) is 0 Å². The number of amides is 2. The van der Waals surface area contributed by atoms with Gasteiger partial charge in [0.15, 0.2) is 0 Å². The molecule has 2 amide bonds. The van der Waals surface area contributed by atoms with E-state index in [4.69, 9.17) is 4.74 Å². The van der Waals surface area contributed by atoms with Crippen LogP contribution < -0.4 is 4.74 Å². The molecule has 2 aromatic rings. The first-order chi connectivity index (χ1) is 15.1. The maximum atomic E-state index is 13.8. The SMILES string of the molecule is COc1ccc([C@H]2C(=O)N(C3CCCCCC3)CC(=O)N2Cc2ccc(C)cc2)cc1. The molecule has 31 heavy (non-hydrogen) atoms. The Hall–Kier alpha value is -2.82. The van der Waals surface area contributed by atoms with Gasteiger partial charge in [-0.15, -0.1) is 0 Å². The van der Waals surface area contributed by atoms with Crippen LogP contribution in [-0.4, -0.2) is 41.3 Å². The number of nitrogens with zero attached hydrogens (tertiary/aromatic N) is 2. The van der Waals surface area contributed by atoms with Crippen LogP contribution in [0.2, 0.25) is 0 Å². The molecule has 164 valence electrons. The van der Waals surface area contributed by atoms with E-state index in [2.05, 4.69) is 0 Å². The quantitative estimate of drug-likeness (QED) is 0.662. The first-order valence-corrected chi connectivity index (χ1v) is 11.4. The Morgan fingerprint density at radius 3 is 2.16 bits per heavy atom. The lowest BCUT2D eigenvalue weighted by Crippen LogP contribution is -2.57. The predicted molar refractivity (Wildman–Crippen MR) is 121 cm³/mol. The number of hydrogen-bond donors (Lipinski definition) is 0. The number of benzene rings is 2. The highest BCUT2D eigenvalue weighted by Crippen LogP contribution is 2.33. The van der Waals surface area contributed by atoms with E-state index in [0.29, 0.717) is 6.54 Å². The van der Waals surface area contributed by atoms with Crippen LogP contribution in [0.4, 0.5) is 0 Å². The molecule has 4 rings (SSSR count). The molecule has 2 aliphatic rings. The molecular weight excluding hydrogens is 388 g/mol. The molecule has 2 aromatic carbocycles. The second kappa shape index (κ2) is 9.54. The molecule has 2 fully saturated rings. The Kier molecular flexibility index (Phi) is 6.59. The standard InChI is InChI=1S/C26H32N2O3/c1-19-9-11-20(12-10-19)17-28-24(29)18-27(22-7-5-3-4-6-8-22)26(30)25(28)21-13-15-23(31-2)16-14-21/h9-16,22,25H,3-8,17-18H2,1-2H3/t25-/m0/s1. The number of hydrogen-bond acceptors (Lipinski definition) is 3. The van der Waals surface area contributed by atoms with E-state index in [-0.39, 0.29) is 24.4 Å². The van der Waals surface area contributed by atoms with Gasteiger partial charge in [0.1, 0.15) is 18.3 Å². The Labute approximate surface area is 185 Å². The molecule has 5 nitrogen and oxygen atoms in total. The fraction of sp³-hybridized carbons (Fsp3) is 0.462. The first kappa shape index (κ1) is 21.4. The molecule has 0 aromatic heterocycles. The van der Waals surface area contributed by atoms with Crippen molar-refractivity contribution in [3.63, 3.8) is 0 Å². The molecule has 1 aliphatic heterocycles. The van der Waals surface area contributed by atoms with Gasteiger partial charge in [-0.05, 0) is 43.0 Å². The third kappa shape index (κ3) is 4.76. The smallest absolute Gasteiger partial charge is 0.250 e. The fourth-order valence-corrected chi connectivity index (χ4v) is 4.81. The van der Waals surface area contributed by atoms with E-state index in [1.807, 2.05) is 60.4 Å². The normalized spacial score (nSPS) is 20.6. The zero-order valence-electron chi connectivity index (χ0n) is 18.5. The van der Waals surface area contributed by atoms with Crippen LogP contribution in [0.15, 0.2) is 48.5 Å². The number of ether oxygens (including phenoxy) is 1. The summed E-state index contributed by atoms with van der Waals surface area (Å²) in [5, 5.41) is 0. The van der Waals surface area contributed by atoms with Gasteiger partial charge in [0, 0.05) is 12.6 Å². The van der Waals surface area contributed by atoms with Crippen LogP contribution in [0.3, 0.4) is 0 Å².